The highest BCUT2D eigenvalue weighted by Gasteiger charge is 2.18. The van der Waals surface area contributed by atoms with E-state index in [1.54, 1.807) is 0 Å². The van der Waals surface area contributed by atoms with Crippen molar-refractivity contribution in [3.05, 3.63) is 23.3 Å². The molecule has 0 atom stereocenters. The Kier molecular flexibility index (Phi) is 7.04. The Morgan fingerprint density at radius 3 is 2.41 bits per heavy atom. The van der Waals surface area contributed by atoms with Crippen molar-refractivity contribution in [3.8, 4) is 0 Å². The Morgan fingerprint density at radius 2 is 1.74 bits per heavy atom. The molecule has 2 fully saturated rings. The summed E-state index contributed by atoms with van der Waals surface area (Å²) in [6.45, 7) is 18.5. The molecule has 2 N–H and O–H groups in total. The normalized spacial score (nSPS) is 18.9. The predicted molar refractivity (Wildman–Crippen MR) is 118 cm³/mol. The van der Waals surface area contributed by atoms with E-state index in [1.165, 1.54) is 54.9 Å². The lowest BCUT2D eigenvalue weighted by molar-refractivity contribution is 0.352. The molecule has 0 aromatic heterocycles. The smallest absolute Gasteiger partial charge is 0.0420 e. The standard InChI is InChI=1S/C23H40N4/c1-19-21(25-11-14-26-12-5-6-13-26)17-20(7-8-23(2,3)4)18-22(19)27-15-9-24-10-16-27/h17-18,24-25H,5-16H2,1-4H3. The second-order valence-corrected chi connectivity index (χ2v) is 9.56. The molecule has 3 rings (SSSR count). The molecule has 0 radical (unpaired) electrons. The summed E-state index contributed by atoms with van der Waals surface area (Å²) in [5, 5.41) is 7.25. The fourth-order valence-electron chi connectivity index (χ4n) is 4.19. The first-order valence-electron chi connectivity index (χ1n) is 11.0. The highest BCUT2D eigenvalue weighted by atomic mass is 15.2. The van der Waals surface area contributed by atoms with E-state index in [2.05, 4.69) is 60.3 Å². The SMILES string of the molecule is Cc1c(NCCN2CCCC2)cc(CCC(C)(C)C)cc1N1CCNCC1. The van der Waals surface area contributed by atoms with Gasteiger partial charge in [0, 0.05) is 50.6 Å². The summed E-state index contributed by atoms with van der Waals surface area (Å²) < 4.78 is 0. The molecule has 0 spiro atoms. The van der Waals surface area contributed by atoms with Crippen LogP contribution >= 0.6 is 0 Å². The number of hydrogen-bond donors (Lipinski definition) is 2. The minimum atomic E-state index is 0.378. The molecule has 1 aromatic rings. The molecule has 2 aliphatic rings. The van der Waals surface area contributed by atoms with Gasteiger partial charge in [-0.1, -0.05) is 20.8 Å². The molecule has 2 aliphatic heterocycles. The maximum atomic E-state index is 3.77. The number of aryl methyl sites for hydroxylation is 1. The fourth-order valence-corrected chi connectivity index (χ4v) is 4.19. The fraction of sp³-hybridized carbons (Fsp3) is 0.739. The Morgan fingerprint density at radius 1 is 1.04 bits per heavy atom. The molecular weight excluding hydrogens is 332 g/mol. The Bertz CT molecular complexity index is 593. The highest BCUT2D eigenvalue weighted by molar-refractivity contribution is 5.68. The maximum Gasteiger partial charge on any atom is 0.0420 e. The predicted octanol–water partition coefficient (Wildman–Crippen LogP) is 3.89. The van der Waals surface area contributed by atoms with Crippen molar-refractivity contribution in [1.29, 1.82) is 0 Å². The van der Waals surface area contributed by atoms with Gasteiger partial charge in [0.15, 0.2) is 0 Å². The van der Waals surface area contributed by atoms with Crippen LogP contribution < -0.4 is 15.5 Å². The Balaban J connectivity index is 1.73. The quantitative estimate of drug-likeness (QED) is 0.760. The summed E-state index contributed by atoms with van der Waals surface area (Å²) >= 11 is 0. The minimum absolute atomic E-state index is 0.378. The summed E-state index contributed by atoms with van der Waals surface area (Å²) in [6, 6.07) is 4.87. The maximum absolute atomic E-state index is 3.77. The number of nitrogens with zero attached hydrogens (tertiary/aromatic N) is 2. The molecule has 0 saturated carbocycles. The van der Waals surface area contributed by atoms with Gasteiger partial charge in [-0.25, -0.2) is 0 Å². The van der Waals surface area contributed by atoms with Gasteiger partial charge in [0.1, 0.15) is 0 Å². The zero-order valence-corrected chi connectivity index (χ0v) is 18.0. The van der Waals surface area contributed by atoms with Gasteiger partial charge in [0.2, 0.25) is 0 Å². The van der Waals surface area contributed by atoms with Crippen molar-refractivity contribution in [2.75, 3.05) is 62.6 Å². The third-order valence-electron chi connectivity index (χ3n) is 6.00. The van der Waals surface area contributed by atoms with Crippen molar-refractivity contribution in [3.63, 3.8) is 0 Å². The summed E-state index contributed by atoms with van der Waals surface area (Å²) in [6.07, 6.45) is 5.12. The van der Waals surface area contributed by atoms with Gasteiger partial charge in [0.25, 0.3) is 0 Å². The number of rotatable bonds is 7. The lowest BCUT2D eigenvalue weighted by Crippen LogP contribution is -2.43. The number of benzene rings is 1. The van der Waals surface area contributed by atoms with Crippen molar-refractivity contribution >= 4 is 11.4 Å². The Hall–Kier alpha value is -1.26. The summed E-state index contributed by atoms with van der Waals surface area (Å²) in [4.78, 5) is 5.15. The van der Waals surface area contributed by atoms with Gasteiger partial charge in [-0.05, 0) is 74.4 Å². The van der Waals surface area contributed by atoms with E-state index in [-0.39, 0.29) is 0 Å². The molecule has 0 unspecified atom stereocenters. The van der Waals surface area contributed by atoms with E-state index in [1.807, 2.05) is 0 Å². The first kappa shape index (κ1) is 20.5. The van der Waals surface area contributed by atoms with E-state index in [0.717, 1.165) is 45.7 Å². The average molecular weight is 373 g/mol. The van der Waals surface area contributed by atoms with Crippen LogP contribution in [-0.4, -0.2) is 57.3 Å². The van der Waals surface area contributed by atoms with Gasteiger partial charge in [-0.2, -0.15) is 0 Å². The molecule has 0 amide bonds. The van der Waals surface area contributed by atoms with E-state index in [9.17, 15) is 0 Å². The van der Waals surface area contributed by atoms with E-state index >= 15 is 0 Å². The van der Waals surface area contributed by atoms with Gasteiger partial charge < -0.3 is 20.4 Å². The van der Waals surface area contributed by atoms with Crippen molar-refractivity contribution in [2.45, 2.75) is 53.4 Å². The van der Waals surface area contributed by atoms with E-state index in [0.29, 0.717) is 5.41 Å². The zero-order valence-electron chi connectivity index (χ0n) is 18.0. The molecule has 152 valence electrons. The number of nitrogens with one attached hydrogen (secondary N) is 2. The minimum Gasteiger partial charge on any atom is -0.383 e. The van der Waals surface area contributed by atoms with Gasteiger partial charge >= 0.3 is 0 Å². The van der Waals surface area contributed by atoms with Gasteiger partial charge in [0.05, 0.1) is 0 Å². The third-order valence-corrected chi connectivity index (χ3v) is 6.00. The molecular formula is C23H40N4. The topological polar surface area (TPSA) is 30.5 Å². The molecule has 27 heavy (non-hydrogen) atoms. The number of anilines is 2. The lowest BCUT2D eigenvalue weighted by atomic mass is 9.88. The van der Waals surface area contributed by atoms with Gasteiger partial charge in [-0.3, -0.25) is 0 Å². The largest absolute Gasteiger partial charge is 0.383 e. The molecule has 4 nitrogen and oxygen atoms in total. The van der Waals surface area contributed by atoms with Gasteiger partial charge in [-0.15, -0.1) is 0 Å². The first-order valence-corrected chi connectivity index (χ1v) is 11.0. The molecule has 1 aromatic carbocycles. The molecule has 2 saturated heterocycles. The van der Waals surface area contributed by atoms with Crippen LogP contribution in [-0.2, 0) is 6.42 Å². The average Bonchev–Trinajstić information content (AvgIpc) is 3.15. The molecule has 0 bridgehead atoms. The van der Waals surface area contributed by atoms with Crippen LogP contribution in [0.3, 0.4) is 0 Å². The van der Waals surface area contributed by atoms with Crippen LogP contribution in [0.4, 0.5) is 11.4 Å². The van der Waals surface area contributed by atoms with Crippen LogP contribution in [0.1, 0.15) is 51.2 Å². The highest BCUT2D eigenvalue weighted by Crippen LogP contribution is 2.31. The zero-order chi connectivity index (χ0) is 19.3. The number of likely N-dealkylation sites (tertiary alicyclic amines) is 1. The van der Waals surface area contributed by atoms with Crippen LogP contribution in [0.15, 0.2) is 12.1 Å². The van der Waals surface area contributed by atoms with Crippen molar-refractivity contribution < 1.29 is 0 Å². The molecule has 2 heterocycles. The van der Waals surface area contributed by atoms with E-state index < -0.39 is 0 Å². The number of hydrogen-bond acceptors (Lipinski definition) is 4. The summed E-state index contributed by atoms with van der Waals surface area (Å²) in [5.41, 5.74) is 6.05. The summed E-state index contributed by atoms with van der Waals surface area (Å²) in [7, 11) is 0. The Labute approximate surface area is 166 Å². The second-order valence-electron chi connectivity index (χ2n) is 9.56. The monoisotopic (exact) mass is 372 g/mol. The van der Waals surface area contributed by atoms with Crippen LogP contribution in [0.2, 0.25) is 0 Å². The number of piperazine rings is 1. The molecule has 0 aliphatic carbocycles. The van der Waals surface area contributed by atoms with Crippen LogP contribution in [0, 0.1) is 12.3 Å². The van der Waals surface area contributed by atoms with Crippen molar-refractivity contribution in [2.24, 2.45) is 5.41 Å². The first-order chi connectivity index (χ1) is 12.9. The molecule has 4 heteroatoms. The van der Waals surface area contributed by atoms with E-state index in [4.69, 9.17) is 0 Å². The summed E-state index contributed by atoms with van der Waals surface area (Å²) in [5.74, 6) is 0. The second kappa shape index (κ2) is 9.29. The lowest BCUT2D eigenvalue weighted by Gasteiger charge is -2.32. The van der Waals surface area contributed by atoms with Crippen molar-refractivity contribution in [1.82, 2.24) is 10.2 Å². The third kappa shape index (κ3) is 6.11. The van der Waals surface area contributed by atoms with Crippen LogP contribution in [0.25, 0.3) is 0 Å². The van der Waals surface area contributed by atoms with Crippen LogP contribution in [0.5, 0.6) is 0 Å².